The average molecular weight is 487 g/mol. The Hall–Kier alpha value is -2.71. The largest absolute Gasteiger partial charge is 0.480 e. The first-order valence-electron chi connectivity index (χ1n) is 11.6. The molecule has 3 rings (SSSR count). The second-order valence-electron chi connectivity index (χ2n) is 9.60. The van der Waals surface area contributed by atoms with Crippen molar-refractivity contribution in [2.45, 2.75) is 52.2 Å². The molecule has 1 fully saturated rings. The fourth-order valence-electron chi connectivity index (χ4n) is 4.65. The molecule has 1 aliphatic rings. The predicted octanol–water partition coefficient (Wildman–Crippen LogP) is 3.51. The number of amides is 1. The van der Waals surface area contributed by atoms with Gasteiger partial charge in [0.15, 0.2) is 0 Å². The summed E-state index contributed by atoms with van der Waals surface area (Å²) in [4.78, 5) is 27.3. The van der Waals surface area contributed by atoms with Gasteiger partial charge in [0.05, 0.1) is 5.75 Å². The van der Waals surface area contributed by atoms with Crippen LogP contribution in [-0.4, -0.2) is 60.9 Å². The Morgan fingerprint density at radius 3 is 2.44 bits per heavy atom. The molecule has 34 heavy (non-hydrogen) atoms. The van der Waals surface area contributed by atoms with Crippen LogP contribution in [0, 0.1) is 12.8 Å². The zero-order chi connectivity index (χ0) is 25.0. The molecule has 1 amide bonds. The minimum absolute atomic E-state index is 0.192. The summed E-state index contributed by atoms with van der Waals surface area (Å²) in [6, 6.07) is 12.6. The first-order valence-corrected chi connectivity index (χ1v) is 13.6. The number of carboxylic acids is 1. The number of likely N-dealkylation sites (tertiary alicyclic amines) is 1. The third-order valence-electron chi connectivity index (χ3n) is 6.44. The summed E-state index contributed by atoms with van der Waals surface area (Å²) in [7, 11) is -3.35. The fraction of sp³-hybridized carbons (Fsp3) is 0.462. The summed E-state index contributed by atoms with van der Waals surface area (Å²) in [5, 5.41) is 12.1. The van der Waals surface area contributed by atoms with Crippen LogP contribution in [0.15, 0.2) is 42.5 Å². The van der Waals surface area contributed by atoms with Gasteiger partial charge >= 0.3 is 5.97 Å². The second kappa shape index (κ2) is 10.7. The highest BCUT2D eigenvalue weighted by Gasteiger charge is 2.27. The van der Waals surface area contributed by atoms with Crippen LogP contribution in [0.5, 0.6) is 0 Å². The number of nitrogens with one attached hydrogen (secondary N) is 1. The number of hydrogen-bond acceptors (Lipinski definition) is 5. The molecule has 1 saturated heterocycles. The van der Waals surface area contributed by atoms with Crippen LogP contribution < -0.4 is 5.32 Å². The van der Waals surface area contributed by atoms with E-state index in [0.29, 0.717) is 17.5 Å². The van der Waals surface area contributed by atoms with Crippen LogP contribution in [0.2, 0.25) is 0 Å². The lowest BCUT2D eigenvalue weighted by atomic mass is 9.93. The van der Waals surface area contributed by atoms with Crippen molar-refractivity contribution < 1.29 is 23.1 Å². The number of carboxylic acid groups (broad SMARTS) is 1. The first kappa shape index (κ1) is 25.9. The van der Waals surface area contributed by atoms with Gasteiger partial charge in [0.25, 0.3) is 5.91 Å². The predicted molar refractivity (Wildman–Crippen MR) is 133 cm³/mol. The highest BCUT2D eigenvalue weighted by atomic mass is 32.2. The molecule has 0 radical (unpaired) electrons. The monoisotopic (exact) mass is 486 g/mol. The lowest BCUT2D eigenvalue weighted by Gasteiger charge is -2.22. The highest BCUT2D eigenvalue weighted by molar-refractivity contribution is 7.90. The quantitative estimate of drug-likeness (QED) is 0.562. The van der Waals surface area contributed by atoms with E-state index >= 15 is 0 Å². The Balaban J connectivity index is 1.93. The van der Waals surface area contributed by atoms with Crippen molar-refractivity contribution in [3.05, 3.63) is 59.2 Å². The van der Waals surface area contributed by atoms with Crippen molar-refractivity contribution in [2.24, 2.45) is 5.92 Å². The van der Waals surface area contributed by atoms with Crippen molar-refractivity contribution in [3.63, 3.8) is 0 Å². The summed E-state index contributed by atoms with van der Waals surface area (Å²) in [5.41, 5.74) is 4.10. The van der Waals surface area contributed by atoms with Crippen molar-refractivity contribution in [3.8, 4) is 11.1 Å². The zero-order valence-electron chi connectivity index (χ0n) is 20.2. The van der Waals surface area contributed by atoms with E-state index in [0.717, 1.165) is 48.0 Å². The molecule has 7 nitrogen and oxygen atoms in total. The standard InChI is InChI=1S/C26H34N2O5S/c1-17-13-19(3)28(15-17)16-20-9-10-22(23(14-20)21-8-6-5-7-18(21)2)25(29)27-24(26(30)31)11-12-34(4,32)33/h5-10,14,17,19,24H,11-13,15-16H2,1-4H3,(H,27,29)(H,30,31)/t17?,19-,24?/m1/s1. The number of sulfone groups is 1. The van der Waals surface area contributed by atoms with Gasteiger partial charge in [-0.3, -0.25) is 9.69 Å². The molecule has 1 aliphatic heterocycles. The minimum atomic E-state index is -3.35. The van der Waals surface area contributed by atoms with E-state index < -0.39 is 27.8 Å². The van der Waals surface area contributed by atoms with E-state index in [1.54, 1.807) is 6.07 Å². The maximum absolute atomic E-state index is 13.2. The molecule has 2 unspecified atom stereocenters. The molecule has 0 aromatic heterocycles. The molecule has 0 saturated carbocycles. The number of aliphatic carboxylic acids is 1. The summed E-state index contributed by atoms with van der Waals surface area (Å²) in [6.45, 7) is 8.27. The maximum Gasteiger partial charge on any atom is 0.326 e. The molecule has 3 atom stereocenters. The highest BCUT2D eigenvalue weighted by Crippen LogP contribution is 2.30. The lowest BCUT2D eigenvalue weighted by Crippen LogP contribution is -2.42. The number of rotatable bonds is 9. The molecule has 1 heterocycles. The van der Waals surface area contributed by atoms with Gasteiger partial charge in [-0.15, -0.1) is 0 Å². The number of benzene rings is 2. The Morgan fingerprint density at radius 2 is 1.85 bits per heavy atom. The smallest absolute Gasteiger partial charge is 0.326 e. The zero-order valence-corrected chi connectivity index (χ0v) is 21.1. The third kappa shape index (κ3) is 6.67. The topological polar surface area (TPSA) is 104 Å². The number of nitrogens with zero attached hydrogens (tertiary/aromatic N) is 1. The summed E-state index contributed by atoms with van der Waals surface area (Å²) < 4.78 is 23.0. The SMILES string of the molecule is Cc1ccccc1-c1cc(CN2CC(C)C[C@H]2C)ccc1C(=O)NC(CCS(C)(=O)=O)C(=O)O. The first-order chi connectivity index (χ1) is 15.9. The Morgan fingerprint density at radius 1 is 1.15 bits per heavy atom. The number of carbonyl (C=O) groups is 2. The molecular weight excluding hydrogens is 452 g/mol. The molecule has 0 aliphatic carbocycles. The van der Waals surface area contributed by atoms with Gasteiger partial charge < -0.3 is 10.4 Å². The van der Waals surface area contributed by atoms with Gasteiger partial charge in [-0.25, -0.2) is 13.2 Å². The minimum Gasteiger partial charge on any atom is -0.480 e. The summed E-state index contributed by atoms with van der Waals surface area (Å²) in [5.74, 6) is -1.46. The van der Waals surface area contributed by atoms with Gasteiger partial charge in [-0.05, 0) is 67.0 Å². The normalized spacial score (nSPS) is 19.6. The summed E-state index contributed by atoms with van der Waals surface area (Å²) >= 11 is 0. The number of hydrogen-bond donors (Lipinski definition) is 2. The van der Waals surface area contributed by atoms with Crippen LogP contribution in [0.4, 0.5) is 0 Å². The van der Waals surface area contributed by atoms with E-state index in [-0.39, 0.29) is 12.2 Å². The summed E-state index contributed by atoms with van der Waals surface area (Å²) in [6.07, 6.45) is 2.02. The van der Waals surface area contributed by atoms with Gasteiger partial charge in [0, 0.05) is 31.0 Å². The van der Waals surface area contributed by atoms with E-state index in [2.05, 4.69) is 24.1 Å². The second-order valence-corrected chi connectivity index (χ2v) is 11.9. The van der Waals surface area contributed by atoms with E-state index in [4.69, 9.17) is 0 Å². The number of aryl methyl sites for hydroxylation is 1. The molecule has 184 valence electrons. The lowest BCUT2D eigenvalue weighted by molar-refractivity contribution is -0.139. The fourth-order valence-corrected chi connectivity index (χ4v) is 5.32. The molecule has 0 spiro atoms. The van der Waals surface area contributed by atoms with Gasteiger partial charge in [-0.1, -0.05) is 37.3 Å². The molecular formula is C26H34N2O5S. The van der Waals surface area contributed by atoms with Crippen LogP contribution >= 0.6 is 0 Å². The van der Waals surface area contributed by atoms with Crippen LogP contribution in [-0.2, 0) is 21.2 Å². The van der Waals surface area contributed by atoms with Crippen LogP contribution in [0.1, 0.15) is 48.2 Å². The molecule has 2 aromatic carbocycles. The van der Waals surface area contributed by atoms with Gasteiger partial charge in [0.2, 0.25) is 0 Å². The van der Waals surface area contributed by atoms with E-state index in [1.165, 1.54) is 0 Å². The van der Waals surface area contributed by atoms with Crippen LogP contribution in [0.25, 0.3) is 11.1 Å². The van der Waals surface area contributed by atoms with Crippen molar-refractivity contribution in [2.75, 3.05) is 18.6 Å². The third-order valence-corrected chi connectivity index (χ3v) is 7.42. The van der Waals surface area contributed by atoms with Crippen molar-refractivity contribution in [1.29, 1.82) is 0 Å². The van der Waals surface area contributed by atoms with Gasteiger partial charge in [0.1, 0.15) is 15.9 Å². The molecule has 0 bridgehead atoms. The number of carbonyl (C=O) groups excluding carboxylic acids is 1. The van der Waals surface area contributed by atoms with E-state index in [1.807, 2.05) is 43.3 Å². The van der Waals surface area contributed by atoms with Gasteiger partial charge in [-0.2, -0.15) is 0 Å². The molecule has 8 heteroatoms. The van der Waals surface area contributed by atoms with E-state index in [9.17, 15) is 23.1 Å². The average Bonchev–Trinajstić information content (AvgIpc) is 3.06. The van der Waals surface area contributed by atoms with Crippen LogP contribution in [0.3, 0.4) is 0 Å². The Labute approximate surface area is 202 Å². The molecule has 2 aromatic rings. The Kier molecular flexibility index (Phi) is 8.15. The van der Waals surface area contributed by atoms with Crippen molar-refractivity contribution in [1.82, 2.24) is 10.2 Å². The van der Waals surface area contributed by atoms with Crippen molar-refractivity contribution >= 4 is 21.7 Å². The Bertz CT molecular complexity index is 1160. The maximum atomic E-state index is 13.2. The molecule has 2 N–H and O–H groups in total.